The van der Waals surface area contributed by atoms with E-state index in [1.54, 1.807) is 12.1 Å². The van der Waals surface area contributed by atoms with Crippen molar-refractivity contribution in [1.29, 1.82) is 0 Å². The zero-order valence-electron chi connectivity index (χ0n) is 12.3. The molecule has 23 heavy (non-hydrogen) atoms. The molecular formula is C18H16O5. The van der Waals surface area contributed by atoms with Gasteiger partial charge in [0.25, 0.3) is 0 Å². The predicted octanol–water partition coefficient (Wildman–Crippen LogP) is 3.24. The molecule has 1 atom stereocenters. The highest BCUT2D eigenvalue weighted by atomic mass is 16.5. The van der Waals surface area contributed by atoms with E-state index in [-0.39, 0.29) is 52.7 Å². The lowest BCUT2D eigenvalue weighted by Gasteiger charge is -2.27. The molecule has 5 nitrogen and oxygen atoms in total. The van der Waals surface area contributed by atoms with Crippen LogP contribution in [-0.4, -0.2) is 21.1 Å². The number of phenols is 3. The van der Waals surface area contributed by atoms with Gasteiger partial charge in [-0.3, -0.25) is 4.79 Å². The first-order chi connectivity index (χ1) is 11.0. The second-order valence-corrected chi connectivity index (χ2v) is 5.41. The summed E-state index contributed by atoms with van der Waals surface area (Å²) < 4.78 is 5.77. The number of carbonyl (C=O) groups excluding carboxylic acids is 1. The van der Waals surface area contributed by atoms with Crippen molar-refractivity contribution in [2.75, 3.05) is 0 Å². The number of hydrogen-bond acceptors (Lipinski definition) is 5. The molecule has 5 heteroatoms. The van der Waals surface area contributed by atoms with Gasteiger partial charge in [-0.2, -0.15) is 0 Å². The third-order valence-electron chi connectivity index (χ3n) is 3.88. The molecule has 1 aliphatic heterocycles. The van der Waals surface area contributed by atoms with Crippen LogP contribution < -0.4 is 4.74 Å². The minimum absolute atomic E-state index is 0.0731. The van der Waals surface area contributed by atoms with Crippen LogP contribution in [0.1, 0.15) is 34.0 Å². The molecule has 1 heterocycles. The average Bonchev–Trinajstić information content (AvgIpc) is 2.51. The Labute approximate surface area is 133 Å². The molecule has 0 aliphatic carbocycles. The Balaban J connectivity index is 2.02. The molecule has 0 bridgehead atoms. The molecule has 1 aliphatic rings. The number of allylic oxidation sites excluding steroid dienone is 1. The van der Waals surface area contributed by atoms with E-state index in [0.717, 1.165) is 5.56 Å². The number of benzene rings is 2. The Kier molecular flexibility index (Phi) is 3.70. The number of phenolic OH excluding ortho intramolecular Hbond substituents is 3. The summed E-state index contributed by atoms with van der Waals surface area (Å²) in [4.78, 5) is 12.4. The Morgan fingerprint density at radius 3 is 2.57 bits per heavy atom. The van der Waals surface area contributed by atoms with Gasteiger partial charge in [-0.15, -0.1) is 6.58 Å². The highest BCUT2D eigenvalue weighted by Gasteiger charge is 2.32. The van der Waals surface area contributed by atoms with Crippen molar-refractivity contribution < 1.29 is 24.9 Å². The fourth-order valence-electron chi connectivity index (χ4n) is 2.72. The summed E-state index contributed by atoms with van der Waals surface area (Å²) >= 11 is 0. The number of Topliss-reactive ketones (excluding diaryl/α,β-unsaturated/α-hetero) is 1. The Hall–Kier alpha value is -2.95. The second-order valence-electron chi connectivity index (χ2n) is 5.41. The third-order valence-corrected chi connectivity index (χ3v) is 3.88. The van der Waals surface area contributed by atoms with E-state index < -0.39 is 6.10 Å². The summed E-state index contributed by atoms with van der Waals surface area (Å²) in [6, 6.07) is 7.72. The minimum atomic E-state index is -0.528. The molecule has 0 amide bonds. The van der Waals surface area contributed by atoms with Crippen LogP contribution in [0.2, 0.25) is 0 Å². The minimum Gasteiger partial charge on any atom is -0.508 e. The summed E-state index contributed by atoms with van der Waals surface area (Å²) in [5.74, 6) is -0.371. The number of rotatable bonds is 3. The van der Waals surface area contributed by atoms with Crippen molar-refractivity contribution in [2.45, 2.75) is 18.9 Å². The van der Waals surface area contributed by atoms with Gasteiger partial charge in [0.05, 0.1) is 6.42 Å². The van der Waals surface area contributed by atoms with E-state index in [4.69, 9.17) is 4.74 Å². The van der Waals surface area contributed by atoms with Crippen molar-refractivity contribution in [1.82, 2.24) is 0 Å². The van der Waals surface area contributed by atoms with Crippen molar-refractivity contribution in [3.05, 3.63) is 59.7 Å². The molecule has 0 spiro atoms. The number of hydrogen-bond donors (Lipinski definition) is 3. The highest BCUT2D eigenvalue weighted by molar-refractivity contribution is 6.03. The third kappa shape index (κ3) is 2.61. The van der Waals surface area contributed by atoms with Gasteiger partial charge in [-0.05, 0) is 24.1 Å². The summed E-state index contributed by atoms with van der Waals surface area (Å²) in [6.07, 6.45) is 1.33. The summed E-state index contributed by atoms with van der Waals surface area (Å²) in [6.45, 7) is 3.57. The van der Waals surface area contributed by atoms with Crippen molar-refractivity contribution in [3.8, 4) is 23.0 Å². The molecule has 0 saturated heterocycles. The summed E-state index contributed by atoms with van der Waals surface area (Å²) in [5.41, 5.74) is 1.09. The largest absolute Gasteiger partial charge is 0.508 e. The number of ketones is 1. The van der Waals surface area contributed by atoms with Gasteiger partial charge in [0.15, 0.2) is 5.78 Å². The Morgan fingerprint density at radius 1 is 1.22 bits per heavy atom. The molecule has 0 saturated carbocycles. The second kappa shape index (κ2) is 5.68. The molecule has 0 radical (unpaired) electrons. The first-order valence-corrected chi connectivity index (χ1v) is 7.18. The van der Waals surface area contributed by atoms with Crippen molar-refractivity contribution >= 4 is 5.78 Å². The topological polar surface area (TPSA) is 87.0 Å². The molecular weight excluding hydrogens is 296 g/mol. The maximum atomic E-state index is 12.4. The SMILES string of the molecule is C=CCc1c(O)cc2c(c1O)C(=O)CC(c1ccc(O)cc1)O2. The van der Waals surface area contributed by atoms with Crippen LogP contribution in [0.25, 0.3) is 0 Å². The van der Waals surface area contributed by atoms with E-state index in [1.165, 1.54) is 24.3 Å². The number of ether oxygens (including phenoxy) is 1. The molecule has 0 aromatic heterocycles. The normalized spacial score (nSPS) is 16.5. The zero-order valence-corrected chi connectivity index (χ0v) is 12.3. The quantitative estimate of drug-likeness (QED) is 0.757. The number of fused-ring (bicyclic) bond motifs is 1. The zero-order chi connectivity index (χ0) is 16.6. The Bertz CT molecular complexity index is 777. The lowest BCUT2D eigenvalue weighted by molar-refractivity contribution is 0.0844. The van der Waals surface area contributed by atoms with Crippen LogP contribution in [0, 0.1) is 0 Å². The lowest BCUT2D eigenvalue weighted by atomic mass is 9.93. The van der Waals surface area contributed by atoms with Crippen molar-refractivity contribution in [3.63, 3.8) is 0 Å². The van der Waals surface area contributed by atoms with Crippen LogP contribution in [0.5, 0.6) is 23.0 Å². The molecule has 3 N–H and O–H groups in total. The highest BCUT2D eigenvalue weighted by Crippen LogP contribution is 2.44. The van der Waals surface area contributed by atoms with Gasteiger partial charge in [-0.25, -0.2) is 0 Å². The van der Waals surface area contributed by atoms with Crippen LogP contribution in [-0.2, 0) is 6.42 Å². The molecule has 118 valence electrons. The molecule has 2 aromatic rings. The molecule has 1 unspecified atom stereocenters. The maximum absolute atomic E-state index is 12.4. The smallest absolute Gasteiger partial charge is 0.174 e. The van der Waals surface area contributed by atoms with Crippen molar-refractivity contribution in [2.24, 2.45) is 0 Å². The first kappa shape index (κ1) is 15.0. The van der Waals surface area contributed by atoms with Crippen LogP contribution >= 0.6 is 0 Å². The van der Waals surface area contributed by atoms with E-state index in [2.05, 4.69) is 6.58 Å². The van der Waals surface area contributed by atoms with Crippen LogP contribution in [0.15, 0.2) is 43.0 Å². The van der Waals surface area contributed by atoms with Gasteiger partial charge in [0.2, 0.25) is 0 Å². The standard InChI is InChI=1S/C18H16O5/c1-2-3-12-13(20)8-16-17(18(12)22)14(21)9-15(23-16)10-4-6-11(19)7-5-10/h2,4-8,15,19-20,22H,1,3,9H2. The van der Waals surface area contributed by atoms with Gasteiger partial charge in [-0.1, -0.05) is 18.2 Å². The van der Waals surface area contributed by atoms with E-state index >= 15 is 0 Å². The maximum Gasteiger partial charge on any atom is 0.174 e. The van der Waals surface area contributed by atoms with E-state index in [1.807, 2.05) is 0 Å². The molecule has 0 fully saturated rings. The van der Waals surface area contributed by atoms with Gasteiger partial charge in [0.1, 0.15) is 34.7 Å². The molecule has 2 aromatic carbocycles. The predicted molar refractivity (Wildman–Crippen MR) is 84.1 cm³/mol. The number of carbonyl (C=O) groups is 1. The van der Waals surface area contributed by atoms with E-state index in [0.29, 0.717) is 0 Å². The lowest BCUT2D eigenvalue weighted by Crippen LogP contribution is -2.20. The number of aromatic hydroxyl groups is 3. The summed E-state index contributed by atoms with van der Waals surface area (Å²) in [7, 11) is 0. The Morgan fingerprint density at radius 2 is 1.91 bits per heavy atom. The average molecular weight is 312 g/mol. The van der Waals surface area contributed by atoms with Crippen LogP contribution in [0.3, 0.4) is 0 Å². The fourth-order valence-corrected chi connectivity index (χ4v) is 2.72. The first-order valence-electron chi connectivity index (χ1n) is 7.18. The summed E-state index contributed by atoms with van der Waals surface area (Å²) in [5, 5.41) is 29.6. The van der Waals surface area contributed by atoms with Gasteiger partial charge in [0, 0.05) is 11.6 Å². The molecule has 3 rings (SSSR count). The van der Waals surface area contributed by atoms with E-state index in [9.17, 15) is 20.1 Å². The monoisotopic (exact) mass is 312 g/mol. The van der Waals surface area contributed by atoms with Crippen LogP contribution in [0.4, 0.5) is 0 Å². The van der Waals surface area contributed by atoms with Gasteiger partial charge < -0.3 is 20.1 Å². The van der Waals surface area contributed by atoms with Gasteiger partial charge >= 0.3 is 0 Å². The fraction of sp³-hybridized carbons (Fsp3) is 0.167.